The van der Waals surface area contributed by atoms with E-state index in [2.05, 4.69) is 10.2 Å². The molecule has 0 aromatic heterocycles. The lowest BCUT2D eigenvalue weighted by Gasteiger charge is -2.19. The minimum Gasteiger partial charge on any atom is -0.314 e. The fraction of sp³-hybridized carbons (Fsp3) is 1.00. The van der Waals surface area contributed by atoms with E-state index in [1.807, 2.05) is 0 Å². The van der Waals surface area contributed by atoms with Gasteiger partial charge in [0, 0.05) is 12.6 Å². The van der Waals surface area contributed by atoms with E-state index in [0.29, 0.717) is 11.5 Å². The molecule has 4 nitrogen and oxygen atoms in total. The summed E-state index contributed by atoms with van der Waals surface area (Å²) < 4.78 is 23.0. The van der Waals surface area contributed by atoms with E-state index in [-0.39, 0.29) is 0 Å². The topological polar surface area (TPSA) is 49.4 Å². The Morgan fingerprint density at radius 2 is 1.83 bits per heavy atom. The maximum atomic E-state index is 11.5. The van der Waals surface area contributed by atoms with Crippen LogP contribution in [0.5, 0.6) is 0 Å². The Balaban J connectivity index is 1.58. The average molecular weight is 274 g/mol. The molecule has 2 fully saturated rings. The average Bonchev–Trinajstić information content (AvgIpc) is 2.77. The molecule has 0 unspecified atom stereocenters. The van der Waals surface area contributed by atoms with Crippen molar-refractivity contribution in [3.8, 4) is 0 Å². The van der Waals surface area contributed by atoms with Crippen molar-refractivity contribution in [1.82, 2.24) is 10.2 Å². The van der Waals surface area contributed by atoms with Gasteiger partial charge in [0.25, 0.3) is 0 Å². The van der Waals surface area contributed by atoms with E-state index in [9.17, 15) is 8.42 Å². The smallest absolute Gasteiger partial charge is 0.151 e. The summed E-state index contributed by atoms with van der Waals surface area (Å²) >= 11 is 0. The van der Waals surface area contributed by atoms with Crippen molar-refractivity contribution in [3.05, 3.63) is 0 Å². The molecule has 0 aromatic carbocycles. The first-order valence-electron chi connectivity index (χ1n) is 7.32. The van der Waals surface area contributed by atoms with Crippen LogP contribution in [0.3, 0.4) is 0 Å². The summed E-state index contributed by atoms with van der Waals surface area (Å²) in [4.78, 5) is 2.31. The molecule has 18 heavy (non-hydrogen) atoms. The van der Waals surface area contributed by atoms with Gasteiger partial charge in [0.15, 0.2) is 9.84 Å². The summed E-state index contributed by atoms with van der Waals surface area (Å²) in [7, 11) is -2.75. The normalized spacial score (nSPS) is 26.2. The minimum absolute atomic E-state index is 0.350. The van der Waals surface area contributed by atoms with Gasteiger partial charge in [-0.2, -0.15) is 0 Å². The highest BCUT2D eigenvalue weighted by Crippen LogP contribution is 2.17. The van der Waals surface area contributed by atoms with Gasteiger partial charge in [-0.1, -0.05) is 12.8 Å². The van der Waals surface area contributed by atoms with Crippen LogP contribution < -0.4 is 5.32 Å². The van der Waals surface area contributed by atoms with Crippen LogP contribution in [-0.2, 0) is 9.84 Å². The van der Waals surface area contributed by atoms with Crippen molar-refractivity contribution >= 4 is 9.84 Å². The zero-order valence-electron chi connectivity index (χ0n) is 11.2. The number of sulfone groups is 1. The zero-order chi connectivity index (χ0) is 12.8. The van der Waals surface area contributed by atoms with Gasteiger partial charge in [-0.15, -0.1) is 0 Å². The van der Waals surface area contributed by atoms with Crippen LogP contribution in [0, 0.1) is 0 Å². The Hall–Kier alpha value is -0.130. The van der Waals surface area contributed by atoms with E-state index in [0.717, 1.165) is 45.1 Å². The molecule has 106 valence electrons. The monoisotopic (exact) mass is 274 g/mol. The molecule has 1 aliphatic carbocycles. The largest absolute Gasteiger partial charge is 0.314 e. The third-order valence-electron chi connectivity index (χ3n) is 4.09. The summed E-state index contributed by atoms with van der Waals surface area (Å²) in [6.07, 6.45) is 7.36. The highest BCUT2D eigenvalue weighted by atomic mass is 32.2. The molecule has 0 spiro atoms. The molecule has 0 amide bonds. The van der Waals surface area contributed by atoms with Crippen LogP contribution in [0.15, 0.2) is 0 Å². The molecule has 1 aliphatic heterocycles. The van der Waals surface area contributed by atoms with Crippen LogP contribution >= 0.6 is 0 Å². The van der Waals surface area contributed by atoms with Crippen molar-refractivity contribution in [1.29, 1.82) is 0 Å². The summed E-state index contributed by atoms with van der Waals surface area (Å²) in [5.74, 6) is 0.729. The Morgan fingerprint density at radius 3 is 2.61 bits per heavy atom. The second-order valence-corrected chi connectivity index (χ2v) is 7.94. The molecule has 5 heteroatoms. The fourth-order valence-electron chi connectivity index (χ4n) is 2.95. The van der Waals surface area contributed by atoms with Gasteiger partial charge >= 0.3 is 0 Å². The molecule has 0 atom stereocenters. The Morgan fingerprint density at radius 1 is 1.06 bits per heavy atom. The number of nitrogens with zero attached hydrogens (tertiary/aromatic N) is 1. The van der Waals surface area contributed by atoms with E-state index in [1.54, 1.807) is 0 Å². The maximum absolute atomic E-state index is 11.5. The van der Waals surface area contributed by atoms with E-state index in [1.165, 1.54) is 25.7 Å². The van der Waals surface area contributed by atoms with Crippen LogP contribution in [0.2, 0.25) is 0 Å². The maximum Gasteiger partial charge on any atom is 0.151 e. The van der Waals surface area contributed by atoms with Gasteiger partial charge < -0.3 is 10.2 Å². The molecule has 2 rings (SSSR count). The van der Waals surface area contributed by atoms with Crippen LogP contribution in [-0.4, -0.2) is 57.0 Å². The van der Waals surface area contributed by atoms with Crippen molar-refractivity contribution < 1.29 is 8.42 Å². The SMILES string of the molecule is O=S1(=O)CCCN(CCCNC2CCCC2)CC1. The number of hydrogen-bond acceptors (Lipinski definition) is 4. The van der Waals surface area contributed by atoms with E-state index in [4.69, 9.17) is 0 Å². The first kappa shape index (κ1) is 14.3. The van der Waals surface area contributed by atoms with E-state index < -0.39 is 9.84 Å². The van der Waals surface area contributed by atoms with Gasteiger partial charge in [-0.25, -0.2) is 8.42 Å². The third-order valence-corrected chi connectivity index (χ3v) is 5.80. The predicted molar refractivity (Wildman–Crippen MR) is 74.6 cm³/mol. The van der Waals surface area contributed by atoms with Gasteiger partial charge in [0.1, 0.15) is 0 Å². The molecule has 0 bridgehead atoms. The molecule has 1 heterocycles. The van der Waals surface area contributed by atoms with Crippen molar-refractivity contribution in [2.24, 2.45) is 0 Å². The molecule has 1 saturated carbocycles. The molecular formula is C13H26N2O2S. The second-order valence-electron chi connectivity index (χ2n) is 5.64. The first-order valence-corrected chi connectivity index (χ1v) is 9.14. The second kappa shape index (κ2) is 6.87. The lowest BCUT2D eigenvalue weighted by Crippen LogP contribution is -2.32. The highest BCUT2D eigenvalue weighted by molar-refractivity contribution is 7.91. The molecule has 1 N–H and O–H groups in total. The lowest BCUT2D eigenvalue weighted by molar-refractivity contribution is 0.287. The lowest BCUT2D eigenvalue weighted by atomic mass is 10.2. The van der Waals surface area contributed by atoms with Crippen LogP contribution in [0.4, 0.5) is 0 Å². The van der Waals surface area contributed by atoms with Crippen molar-refractivity contribution in [3.63, 3.8) is 0 Å². The zero-order valence-corrected chi connectivity index (χ0v) is 12.1. The van der Waals surface area contributed by atoms with Crippen LogP contribution in [0.1, 0.15) is 38.5 Å². The van der Waals surface area contributed by atoms with Gasteiger partial charge in [-0.05, 0) is 45.3 Å². The summed E-state index contributed by atoms with van der Waals surface area (Å²) in [6, 6.07) is 0.745. The number of nitrogens with one attached hydrogen (secondary N) is 1. The van der Waals surface area contributed by atoms with Gasteiger partial charge in [0.05, 0.1) is 11.5 Å². The summed E-state index contributed by atoms with van der Waals surface area (Å²) in [5.41, 5.74) is 0. The van der Waals surface area contributed by atoms with Crippen LogP contribution in [0.25, 0.3) is 0 Å². The van der Waals surface area contributed by atoms with E-state index >= 15 is 0 Å². The number of hydrogen-bond donors (Lipinski definition) is 1. The highest BCUT2D eigenvalue weighted by Gasteiger charge is 2.18. The van der Waals surface area contributed by atoms with Gasteiger partial charge in [-0.3, -0.25) is 0 Å². The Kier molecular flexibility index (Phi) is 5.45. The number of rotatable bonds is 5. The molecule has 0 aromatic rings. The Labute approximate surface area is 111 Å². The Bertz CT molecular complexity index is 337. The molecular weight excluding hydrogens is 248 g/mol. The van der Waals surface area contributed by atoms with Gasteiger partial charge in [0.2, 0.25) is 0 Å². The van der Waals surface area contributed by atoms with Crippen molar-refractivity contribution in [2.45, 2.75) is 44.6 Å². The summed E-state index contributed by atoms with van der Waals surface area (Å²) in [6.45, 7) is 3.79. The summed E-state index contributed by atoms with van der Waals surface area (Å²) in [5, 5.41) is 3.61. The standard InChI is InChI=1S/C13H26N2O2S/c16-18(17)11-4-9-15(10-12-18)8-3-7-14-13-5-1-2-6-13/h13-14H,1-12H2. The molecule has 1 saturated heterocycles. The predicted octanol–water partition coefficient (Wildman–Crippen LogP) is 1.03. The first-order chi connectivity index (χ1) is 8.66. The van der Waals surface area contributed by atoms with Crippen molar-refractivity contribution in [2.75, 3.05) is 37.7 Å². The quantitative estimate of drug-likeness (QED) is 0.761. The fourth-order valence-corrected chi connectivity index (χ4v) is 4.26. The third kappa shape index (κ3) is 4.86. The molecule has 0 radical (unpaired) electrons. The minimum atomic E-state index is -2.75. The molecule has 2 aliphatic rings.